The summed E-state index contributed by atoms with van der Waals surface area (Å²) in [6, 6.07) is 8.50. The molecule has 0 atom stereocenters. The van der Waals surface area contributed by atoms with Crippen molar-refractivity contribution in [2.24, 2.45) is 0 Å². The topological polar surface area (TPSA) is 61.9 Å². The maximum Gasteiger partial charge on any atom is 0.341 e. The molecule has 160 valence electrons. The number of aryl methyl sites for hydroxylation is 2. The van der Waals surface area contributed by atoms with Gasteiger partial charge in [-0.15, -0.1) is 11.3 Å². The third-order valence-electron chi connectivity index (χ3n) is 6.05. The van der Waals surface area contributed by atoms with Gasteiger partial charge < -0.3 is 10.1 Å². The molecule has 7 heteroatoms. The molecule has 0 spiro atoms. The Labute approximate surface area is 181 Å². The first-order valence-electron chi connectivity index (χ1n) is 10.6. The first kappa shape index (κ1) is 21.0. The Morgan fingerprint density at radius 2 is 1.83 bits per heavy atom. The van der Waals surface area contributed by atoms with Gasteiger partial charge in [0.05, 0.1) is 19.2 Å². The summed E-state index contributed by atoms with van der Waals surface area (Å²) >= 11 is 1.53. The molecule has 2 heterocycles. The van der Waals surface area contributed by atoms with E-state index >= 15 is 0 Å². The molecular formula is C23H29N3O3S. The van der Waals surface area contributed by atoms with Crippen LogP contribution in [-0.4, -0.2) is 61.5 Å². The highest BCUT2D eigenvalue weighted by Crippen LogP contribution is 2.39. The van der Waals surface area contributed by atoms with Gasteiger partial charge in [-0.05, 0) is 42.9 Å². The molecule has 2 aromatic rings. The molecule has 0 saturated carbocycles. The molecule has 0 unspecified atom stereocenters. The second-order valence-corrected chi connectivity index (χ2v) is 9.19. The number of amides is 1. The van der Waals surface area contributed by atoms with E-state index in [0.29, 0.717) is 17.1 Å². The van der Waals surface area contributed by atoms with E-state index in [1.165, 1.54) is 34.5 Å². The molecule has 1 fully saturated rings. The maximum atomic E-state index is 12.7. The van der Waals surface area contributed by atoms with Crippen molar-refractivity contribution in [1.29, 1.82) is 0 Å². The molecule has 6 nitrogen and oxygen atoms in total. The minimum atomic E-state index is -0.352. The fraction of sp³-hybridized carbons (Fsp3) is 0.478. The summed E-state index contributed by atoms with van der Waals surface area (Å²) in [5, 5.41) is 3.63. The number of rotatable bonds is 6. The summed E-state index contributed by atoms with van der Waals surface area (Å²) in [6.45, 7) is 7.08. The van der Waals surface area contributed by atoms with Gasteiger partial charge in [0.15, 0.2) is 0 Å². The van der Waals surface area contributed by atoms with E-state index in [1.807, 2.05) is 0 Å². The number of hydrogen-bond acceptors (Lipinski definition) is 6. The number of nitrogens with one attached hydrogen (secondary N) is 1. The second kappa shape index (κ2) is 9.29. The lowest BCUT2D eigenvalue weighted by Crippen LogP contribution is -2.48. The van der Waals surface area contributed by atoms with Gasteiger partial charge in [-0.3, -0.25) is 14.6 Å². The Morgan fingerprint density at radius 3 is 2.57 bits per heavy atom. The van der Waals surface area contributed by atoms with Crippen molar-refractivity contribution in [3.63, 3.8) is 0 Å². The number of ether oxygens (including phenoxy) is 1. The van der Waals surface area contributed by atoms with Crippen LogP contribution in [0.4, 0.5) is 5.00 Å². The zero-order chi connectivity index (χ0) is 21.1. The Bertz CT molecular complexity index is 932. The lowest BCUT2D eigenvalue weighted by atomic mass is 10.1. The number of nitrogens with zero attached hydrogens (tertiary/aromatic N) is 2. The molecule has 0 bridgehead atoms. The molecule has 2 aliphatic rings. The van der Waals surface area contributed by atoms with Crippen molar-refractivity contribution >= 4 is 28.2 Å². The smallest absolute Gasteiger partial charge is 0.341 e. The standard InChI is InChI=1S/C23H29N3O3S/c1-16-6-3-4-7-17(16)14-25-10-12-26(13-11-25)15-20(27)24-22-21(23(28)29-2)18-8-5-9-19(18)30-22/h3-4,6-7H,5,8-15H2,1-2H3,(H,24,27). The van der Waals surface area contributed by atoms with Gasteiger partial charge in [-0.1, -0.05) is 24.3 Å². The minimum Gasteiger partial charge on any atom is -0.465 e. The van der Waals surface area contributed by atoms with Crippen LogP contribution in [0.15, 0.2) is 24.3 Å². The predicted molar refractivity (Wildman–Crippen MR) is 119 cm³/mol. The Kier molecular flexibility index (Phi) is 6.51. The first-order valence-corrected chi connectivity index (χ1v) is 11.4. The number of thiophene rings is 1. The van der Waals surface area contributed by atoms with Crippen LogP contribution in [0.25, 0.3) is 0 Å². The summed E-state index contributed by atoms with van der Waals surface area (Å²) in [5.41, 5.74) is 4.31. The Hall–Kier alpha value is -2.22. The van der Waals surface area contributed by atoms with Crippen LogP contribution in [0, 0.1) is 6.92 Å². The molecule has 1 aliphatic carbocycles. The van der Waals surface area contributed by atoms with Gasteiger partial charge in [-0.25, -0.2) is 4.79 Å². The van der Waals surface area contributed by atoms with Crippen molar-refractivity contribution in [3.05, 3.63) is 51.4 Å². The third kappa shape index (κ3) is 4.58. The number of hydrogen-bond donors (Lipinski definition) is 1. The number of methoxy groups -OCH3 is 1. The molecule has 1 saturated heterocycles. The molecule has 1 amide bonds. The first-order chi connectivity index (χ1) is 14.5. The molecule has 1 aromatic heterocycles. The molecular weight excluding hydrogens is 398 g/mol. The fourth-order valence-corrected chi connectivity index (χ4v) is 5.61. The van der Waals surface area contributed by atoms with Gasteiger partial charge in [0.25, 0.3) is 0 Å². The quantitative estimate of drug-likeness (QED) is 0.718. The van der Waals surface area contributed by atoms with E-state index in [2.05, 4.69) is 46.3 Å². The van der Waals surface area contributed by atoms with Crippen molar-refractivity contribution in [1.82, 2.24) is 9.80 Å². The summed E-state index contributed by atoms with van der Waals surface area (Å²) in [4.78, 5) is 30.8. The molecule has 30 heavy (non-hydrogen) atoms. The van der Waals surface area contributed by atoms with Gasteiger partial charge in [-0.2, -0.15) is 0 Å². The van der Waals surface area contributed by atoms with Crippen LogP contribution in [0.5, 0.6) is 0 Å². The van der Waals surface area contributed by atoms with E-state index in [1.54, 1.807) is 0 Å². The fourth-order valence-electron chi connectivity index (χ4n) is 4.31. The summed E-state index contributed by atoms with van der Waals surface area (Å²) in [7, 11) is 1.39. The highest BCUT2D eigenvalue weighted by molar-refractivity contribution is 7.17. The number of benzene rings is 1. The highest BCUT2D eigenvalue weighted by atomic mass is 32.1. The molecule has 4 rings (SSSR count). The predicted octanol–water partition coefficient (Wildman–Crippen LogP) is 3.09. The van der Waals surface area contributed by atoms with E-state index in [-0.39, 0.29) is 11.9 Å². The lowest BCUT2D eigenvalue weighted by Gasteiger charge is -2.34. The average molecular weight is 428 g/mol. The SMILES string of the molecule is COC(=O)c1c(NC(=O)CN2CCN(Cc3ccccc3C)CC2)sc2c1CCC2. The average Bonchev–Trinajstić information content (AvgIpc) is 3.31. The van der Waals surface area contributed by atoms with Crippen molar-refractivity contribution in [2.75, 3.05) is 45.2 Å². The van der Waals surface area contributed by atoms with Gasteiger partial charge >= 0.3 is 5.97 Å². The largest absolute Gasteiger partial charge is 0.465 e. The van der Waals surface area contributed by atoms with Crippen LogP contribution in [-0.2, 0) is 28.9 Å². The monoisotopic (exact) mass is 427 g/mol. The van der Waals surface area contributed by atoms with Gasteiger partial charge in [0, 0.05) is 37.6 Å². The molecule has 1 aliphatic heterocycles. The van der Waals surface area contributed by atoms with Crippen LogP contribution >= 0.6 is 11.3 Å². The summed E-state index contributed by atoms with van der Waals surface area (Å²) in [6.07, 6.45) is 2.92. The number of anilines is 1. The number of piperazine rings is 1. The van der Waals surface area contributed by atoms with E-state index in [4.69, 9.17) is 4.74 Å². The van der Waals surface area contributed by atoms with E-state index in [9.17, 15) is 9.59 Å². The highest BCUT2D eigenvalue weighted by Gasteiger charge is 2.28. The normalized spacial score (nSPS) is 17.0. The van der Waals surface area contributed by atoms with Crippen LogP contribution in [0.2, 0.25) is 0 Å². The van der Waals surface area contributed by atoms with E-state index < -0.39 is 0 Å². The molecule has 1 aromatic carbocycles. The second-order valence-electron chi connectivity index (χ2n) is 8.08. The minimum absolute atomic E-state index is 0.0626. The third-order valence-corrected chi connectivity index (χ3v) is 7.26. The van der Waals surface area contributed by atoms with Gasteiger partial charge in [0.2, 0.25) is 5.91 Å². The van der Waals surface area contributed by atoms with Crippen molar-refractivity contribution < 1.29 is 14.3 Å². The Morgan fingerprint density at radius 1 is 1.10 bits per heavy atom. The Balaban J connectivity index is 1.31. The van der Waals surface area contributed by atoms with Crippen molar-refractivity contribution in [3.8, 4) is 0 Å². The van der Waals surface area contributed by atoms with E-state index in [0.717, 1.165) is 57.5 Å². The number of fused-ring (bicyclic) bond motifs is 1. The van der Waals surface area contributed by atoms with Crippen LogP contribution in [0.1, 0.15) is 38.3 Å². The zero-order valence-corrected chi connectivity index (χ0v) is 18.5. The van der Waals surface area contributed by atoms with Gasteiger partial charge in [0.1, 0.15) is 5.00 Å². The lowest BCUT2D eigenvalue weighted by molar-refractivity contribution is -0.117. The van der Waals surface area contributed by atoms with Crippen LogP contribution in [0.3, 0.4) is 0 Å². The number of carbonyl (C=O) groups excluding carboxylic acids is 2. The molecule has 0 radical (unpaired) electrons. The van der Waals surface area contributed by atoms with Crippen LogP contribution < -0.4 is 5.32 Å². The maximum absolute atomic E-state index is 12.7. The number of carbonyl (C=O) groups is 2. The number of esters is 1. The molecule has 1 N–H and O–H groups in total. The summed E-state index contributed by atoms with van der Waals surface area (Å²) < 4.78 is 4.96. The van der Waals surface area contributed by atoms with Crippen molar-refractivity contribution in [2.45, 2.75) is 32.7 Å². The zero-order valence-electron chi connectivity index (χ0n) is 17.7. The summed E-state index contributed by atoms with van der Waals surface area (Å²) in [5.74, 6) is -0.415.